The molecule has 7 aromatic heterocycles. The van der Waals surface area contributed by atoms with Gasteiger partial charge < -0.3 is 76.5 Å². The molecule has 0 aliphatic carbocycles. The molecular weight excluding hydrogens is 1530 g/mol. The molecule has 0 aliphatic heterocycles. The van der Waals surface area contributed by atoms with Gasteiger partial charge >= 0.3 is 45.3 Å². The third-order valence-corrected chi connectivity index (χ3v) is 16.0. The Morgan fingerprint density at radius 2 is 0.761 bits per heavy atom. The van der Waals surface area contributed by atoms with E-state index >= 15 is 0 Å². The number of hydrogen-bond acceptors (Lipinski definition) is 31. The molecule has 0 amide bonds. The van der Waals surface area contributed by atoms with Crippen molar-refractivity contribution < 1.29 is 115 Å². The zero-order chi connectivity index (χ0) is 89.0. The predicted molar refractivity (Wildman–Crippen MR) is 429 cm³/mol. The molecule has 8 rings (SSSR count). The van der Waals surface area contributed by atoms with E-state index in [9.17, 15) is 113 Å². The molecule has 1 aromatic carbocycles. The number of carbonyl (C=O) groups is 8. The van der Waals surface area contributed by atoms with Crippen LogP contribution in [0, 0.1) is 65.2 Å². The SMILES string of the molecule is CC(C)CCC(=O)c1c(O)cc(-c2ccccc2)oc1=O.CCC(=O)c1c(O)cc(C)oc1=O.CCC(C)CC(=O)c1c(O)cc(C)oc1=O.CCCC(=O)c1c(O)cc(C)oc1=O.CCOC(=O)C(=O)C=C(O)c1c(O)cc(C)oc1=O.Cc1cc(O)c(C(=O)/C=C/C(C)C)c(=O)o1.Cc1cc(O)c(C(=O)CCCCC(C)C)c(=O)o1. The van der Waals surface area contributed by atoms with Gasteiger partial charge in [-0.1, -0.05) is 125 Å². The van der Waals surface area contributed by atoms with E-state index in [0.717, 1.165) is 31.7 Å². The monoisotopic (exact) mass is 1630 g/mol. The zero-order valence-electron chi connectivity index (χ0n) is 68.4. The fourth-order valence-corrected chi connectivity index (χ4v) is 9.97. The van der Waals surface area contributed by atoms with E-state index in [1.807, 2.05) is 54.5 Å². The summed E-state index contributed by atoms with van der Waals surface area (Å²) < 4.78 is 38.0. The van der Waals surface area contributed by atoms with Crippen molar-refractivity contribution in [3.8, 4) is 51.6 Å². The zero-order valence-corrected chi connectivity index (χ0v) is 68.4. The van der Waals surface area contributed by atoms with Gasteiger partial charge in [-0.15, -0.1) is 0 Å². The molecular formula is C86H102O31. The van der Waals surface area contributed by atoms with E-state index in [-0.39, 0.29) is 165 Å². The van der Waals surface area contributed by atoms with Gasteiger partial charge in [0.05, 0.1) is 6.61 Å². The summed E-state index contributed by atoms with van der Waals surface area (Å²) >= 11 is 0. The minimum absolute atomic E-state index is 0.00288. The van der Waals surface area contributed by atoms with E-state index in [1.54, 1.807) is 51.1 Å². The average molecular weight is 1630 g/mol. The first-order valence-electron chi connectivity index (χ1n) is 37.2. The van der Waals surface area contributed by atoms with Gasteiger partial charge in [0.1, 0.15) is 125 Å². The van der Waals surface area contributed by atoms with Crippen LogP contribution < -0.4 is 39.4 Å². The lowest BCUT2D eigenvalue weighted by atomic mass is 9.98. The summed E-state index contributed by atoms with van der Waals surface area (Å²) in [5, 5.41) is 76.4. The van der Waals surface area contributed by atoms with Crippen LogP contribution in [-0.4, -0.2) is 93.9 Å². The average Bonchev–Trinajstić information content (AvgIpc) is 0.818. The Morgan fingerprint density at radius 1 is 0.410 bits per heavy atom. The van der Waals surface area contributed by atoms with Gasteiger partial charge in [0.15, 0.2) is 34.7 Å². The van der Waals surface area contributed by atoms with Crippen molar-refractivity contribution in [3.05, 3.63) is 237 Å². The van der Waals surface area contributed by atoms with Crippen molar-refractivity contribution in [2.24, 2.45) is 23.7 Å². The summed E-state index contributed by atoms with van der Waals surface area (Å²) in [7, 11) is 0. The molecule has 1 unspecified atom stereocenters. The molecule has 8 aromatic rings. The lowest BCUT2D eigenvalue weighted by Gasteiger charge is -2.07. The van der Waals surface area contributed by atoms with E-state index in [0.29, 0.717) is 53.6 Å². The van der Waals surface area contributed by atoms with Gasteiger partial charge in [0.2, 0.25) is 0 Å². The van der Waals surface area contributed by atoms with Crippen LogP contribution in [0.5, 0.6) is 40.2 Å². The molecule has 7 heterocycles. The molecule has 0 saturated heterocycles. The van der Waals surface area contributed by atoms with E-state index in [1.165, 1.54) is 77.1 Å². The van der Waals surface area contributed by atoms with Crippen LogP contribution in [0.2, 0.25) is 0 Å². The topological polar surface area (TPSA) is 519 Å². The molecule has 0 bridgehead atoms. The maximum atomic E-state index is 12.0. The van der Waals surface area contributed by atoms with Crippen molar-refractivity contribution in [3.63, 3.8) is 0 Å². The minimum atomic E-state index is -1.18. The van der Waals surface area contributed by atoms with Gasteiger partial charge in [0, 0.05) is 86.2 Å². The third-order valence-electron chi connectivity index (χ3n) is 16.0. The Bertz CT molecular complexity index is 5290. The number of unbranched alkanes of at least 4 members (excludes halogenated alkanes) is 1. The predicted octanol–water partition coefficient (Wildman–Crippen LogP) is 14.6. The van der Waals surface area contributed by atoms with E-state index < -0.39 is 79.8 Å². The number of aliphatic hydroxyl groups is 1. The molecule has 117 heavy (non-hydrogen) atoms. The first-order valence-corrected chi connectivity index (χ1v) is 37.2. The van der Waals surface area contributed by atoms with E-state index in [4.69, 9.17) is 22.1 Å². The number of aromatic hydroxyl groups is 7. The van der Waals surface area contributed by atoms with Crippen LogP contribution in [0.4, 0.5) is 0 Å². The smallest absolute Gasteiger partial charge is 0.379 e. The molecule has 31 nitrogen and oxygen atoms in total. The van der Waals surface area contributed by atoms with Crippen molar-refractivity contribution in [2.45, 2.75) is 188 Å². The van der Waals surface area contributed by atoms with Crippen LogP contribution in [-0.2, 0) is 14.3 Å². The Hall–Kier alpha value is -13.1. The van der Waals surface area contributed by atoms with E-state index in [2.05, 4.69) is 27.4 Å². The quantitative estimate of drug-likeness (QED) is 0.00592. The summed E-state index contributed by atoms with van der Waals surface area (Å²) in [6.45, 7) is 30.0. The van der Waals surface area contributed by atoms with Gasteiger partial charge in [-0.3, -0.25) is 33.6 Å². The highest BCUT2D eigenvalue weighted by atomic mass is 16.5. The number of Topliss-reactive ketones (excluding diaryl/α,β-unsaturated/α-hetero) is 5. The maximum Gasteiger partial charge on any atom is 0.379 e. The van der Waals surface area contributed by atoms with Crippen molar-refractivity contribution in [2.75, 3.05) is 6.61 Å². The second-order valence-corrected chi connectivity index (χ2v) is 27.5. The number of aryl methyl sites for hydroxylation is 6. The van der Waals surface area contributed by atoms with Crippen LogP contribution in [0.3, 0.4) is 0 Å². The highest BCUT2D eigenvalue weighted by Crippen LogP contribution is 2.27. The highest BCUT2D eigenvalue weighted by molar-refractivity contribution is 6.39. The second kappa shape index (κ2) is 48.9. The Balaban J connectivity index is 0.000000465. The third kappa shape index (κ3) is 33.1. The Kier molecular flexibility index (Phi) is 41.7. The molecule has 0 aliphatic rings. The molecule has 0 fully saturated rings. The van der Waals surface area contributed by atoms with Crippen LogP contribution in [0.1, 0.15) is 249 Å². The number of benzene rings is 1. The van der Waals surface area contributed by atoms with Crippen LogP contribution in [0.25, 0.3) is 17.1 Å². The van der Waals surface area contributed by atoms with Crippen LogP contribution >= 0.6 is 0 Å². The lowest BCUT2D eigenvalue weighted by Crippen LogP contribution is -2.16. The Morgan fingerprint density at radius 3 is 1.11 bits per heavy atom. The summed E-state index contributed by atoms with van der Waals surface area (Å²) in [6.07, 6.45) is 9.43. The van der Waals surface area contributed by atoms with Gasteiger partial charge in [-0.2, -0.15) is 0 Å². The fraction of sp³-hybridized carbons (Fsp3) is 0.384. The van der Waals surface area contributed by atoms with Crippen molar-refractivity contribution >= 4 is 52.2 Å². The largest absolute Gasteiger partial charge is 0.507 e. The van der Waals surface area contributed by atoms with Crippen molar-refractivity contribution in [1.82, 2.24) is 0 Å². The molecule has 1 atom stereocenters. The molecule has 632 valence electrons. The van der Waals surface area contributed by atoms with Gasteiger partial charge in [-0.25, -0.2) is 38.4 Å². The molecule has 31 heteroatoms. The number of rotatable bonds is 27. The molecule has 8 N–H and O–H groups in total. The number of aliphatic hydroxyl groups excluding tert-OH is 1. The van der Waals surface area contributed by atoms with Gasteiger partial charge in [-0.05, 0) is 97.5 Å². The number of esters is 1. The first-order chi connectivity index (χ1) is 54.7. The molecule has 0 radical (unpaired) electrons. The van der Waals surface area contributed by atoms with Crippen molar-refractivity contribution in [1.29, 1.82) is 0 Å². The number of hydrogen-bond donors (Lipinski definition) is 8. The summed E-state index contributed by atoms with van der Waals surface area (Å²) in [5.74, 6) is -4.82. The van der Waals surface area contributed by atoms with Gasteiger partial charge in [0.25, 0.3) is 5.78 Å². The first kappa shape index (κ1) is 100.0. The highest BCUT2D eigenvalue weighted by Gasteiger charge is 2.25. The number of carbonyl (C=O) groups excluding carboxylic acids is 8. The lowest BCUT2D eigenvalue weighted by molar-refractivity contribution is -0.151. The molecule has 0 spiro atoms. The normalized spacial score (nSPS) is 11.0. The molecule has 0 saturated carbocycles. The number of allylic oxidation sites excluding steroid dienone is 2. The second-order valence-electron chi connectivity index (χ2n) is 27.5. The van der Waals surface area contributed by atoms with Crippen LogP contribution in [0.15, 0.2) is 156 Å². The standard InChI is InChI=1S/C17H18O4.C14H20O4.C12H12O7.C12H14O4.C12H16O4.C10H12O4.C9H10O4/c1-11(2)8-9-13(18)16-14(19)10-15(21-17(16)20)12-6-4-3-5-7-12;1-9(2)6-4-5-7-11(15)13-12(16)8-10(3)18-14(13)17;1-3-18-11(16)9(15)5-8(14)10-7(13)4-6(2)19-12(10)17;1-7(2)4-5-9(13)11-10(14)6-8(3)16-12(11)15;1-4-7(2)5-9(13)11-10(14)6-8(3)16-12(11)15;1-3-4-7(11)9-8(12)5-6(2)14-10(9)13;1-3-6(10)8-7(11)4-5(2)13-9(8)12/h3-7,10-11,19H,8-9H2,1-2H3;8-9,16H,4-7H2,1-3H3;4-5,13-14H,3H2,1-2H3;4-7,14H,1-3H3;6-7,14H,4-5H2,1-3H3;5,12H,3-4H2,1-2H3;4,11H,3H2,1-2H3/b;;;5-4+;;;. The summed E-state index contributed by atoms with van der Waals surface area (Å²) in [6, 6.07) is 17.7. The number of ketones is 7. The summed E-state index contributed by atoms with van der Waals surface area (Å²) in [4.78, 5) is 172. The summed E-state index contributed by atoms with van der Waals surface area (Å²) in [5.41, 5.74) is -7.10. The maximum absolute atomic E-state index is 12.0. The Labute approximate surface area is 671 Å². The fourth-order valence-electron chi connectivity index (χ4n) is 9.97. The minimum Gasteiger partial charge on any atom is -0.507 e. The number of ether oxygens (including phenoxy) is 1.